The minimum Gasteiger partial charge on any atom is -0.465 e. The normalized spacial score (nSPS) is 14.7. The van der Waals surface area contributed by atoms with Gasteiger partial charge in [-0.3, -0.25) is 9.59 Å². The highest BCUT2D eigenvalue weighted by Gasteiger charge is 2.42. The molecule has 0 unspecified atom stereocenters. The van der Waals surface area contributed by atoms with Crippen molar-refractivity contribution in [2.45, 2.75) is 44.6 Å². The van der Waals surface area contributed by atoms with E-state index in [1.165, 1.54) is 39.3 Å². The van der Waals surface area contributed by atoms with E-state index in [-0.39, 0.29) is 22.7 Å². The van der Waals surface area contributed by atoms with E-state index in [9.17, 15) is 24.0 Å². The molecule has 0 saturated heterocycles. The molecule has 1 aliphatic rings. The molecule has 10 nitrogen and oxygen atoms in total. The van der Waals surface area contributed by atoms with E-state index in [0.717, 1.165) is 19.3 Å². The van der Waals surface area contributed by atoms with E-state index in [4.69, 9.17) is 4.74 Å². The number of hydrogen-bond acceptors (Lipinski definition) is 8. The van der Waals surface area contributed by atoms with E-state index in [1.807, 2.05) is 0 Å². The average molecular weight is 434 g/mol. The first kappa shape index (κ1) is 23.8. The summed E-state index contributed by atoms with van der Waals surface area (Å²) < 4.78 is 14.5. The van der Waals surface area contributed by atoms with E-state index < -0.39 is 36.0 Å². The molecule has 2 amide bonds. The molecule has 2 rings (SSSR count). The van der Waals surface area contributed by atoms with Crippen molar-refractivity contribution in [2.75, 3.05) is 26.1 Å². The van der Waals surface area contributed by atoms with Crippen LogP contribution in [0.5, 0.6) is 0 Å². The lowest BCUT2D eigenvalue weighted by Gasteiger charge is -2.35. The fraction of sp³-hybridized carbons (Fsp3) is 0.476. The average Bonchev–Trinajstić information content (AvgIpc) is 2.76. The third kappa shape index (κ3) is 6.27. The summed E-state index contributed by atoms with van der Waals surface area (Å²) in [4.78, 5) is 60.2. The summed E-state index contributed by atoms with van der Waals surface area (Å²) >= 11 is 0. The Kier molecular flexibility index (Phi) is 8.12. The second kappa shape index (κ2) is 10.6. The summed E-state index contributed by atoms with van der Waals surface area (Å²) in [7, 11) is 2.36. The van der Waals surface area contributed by atoms with Crippen LogP contribution in [0.25, 0.3) is 0 Å². The van der Waals surface area contributed by atoms with Crippen LogP contribution in [0, 0.1) is 0 Å². The molecule has 2 N–H and O–H groups in total. The summed E-state index contributed by atoms with van der Waals surface area (Å²) in [6, 6.07) is 3.91. The van der Waals surface area contributed by atoms with E-state index in [1.54, 1.807) is 0 Å². The minimum absolute atomic E-state index is 0.0320. The Morgan fingerprint density at radius 2 is 1.45 bits per heavy atom. The van der Waals surface area contributed by atoms with Gasteiger partial charge < -0.3 is 24.8 Å². The van der Waals surface area contributed by atoms with E-state index >= 15 is 0 Å². The van der Waals surface area contributed by atoms with Crippen LogP contribution in [0.15, 0.2) is 18.2 Å². The molecule has 1 fully saturated rings. The number of hydrogen-bond donors (Lipinski definition) is 2. The summed E-state index contributed by atoms with van der Waals surface area (Å²) in [6.45, 7) is 0.722. The molecule has 0 radical (unpaired) electrons. The van der Waals surface area contributed by atoms with Gasteiger partial charge in [-0.1, -0.05) is 19.3 Å². The zero-order chi connectivity index (χ0) is 23.0. The van der Waals surface area contributed by atoms with Crippen LogP contribution < -0.4 is 10.6 Å². The SMILES string of the molecule is COC(=O)c1cc(NC(=O)COC(=O)C2(NC(C)=O)CCCCC2)cc(C(=O)OC)c1. The predicted octanol–water partition coefficient (Wildman–Crippen LogP) is 1.58. The molecule has 1 saturated carbocycles. The third-order valence-corrected chi connectivity index (χ3v) is 4.91. The van der Waals surface area contributed by atoms with Crippen molar-refractivity contribution < 1.29 is 38.2 Å². The summed E-state index contributed by atoms with van der Waals surface area (Å²) in [5, 5.41) is 5.15. The fourth-order valence-corrected chi connectivity index (χ4v) is 3.51. The Morgan fingerprint density at radius 3 is 1.94 bits per heavy atom. The highest BCUT2D eigenvalue weighted by molar-refractivity contribution is 6.00. The first-order valence-corrected chi connectivity index (χ1v) is 9.78. The van der Waals surface area contributed by atoms with Crippen LogP contribution in [0.2, 0.25) is 0 Å². The summed E-state index contributed by atoms with van der Waals surface area (Å²) in [5.41, 5.74) is -0.944. The molecular weight excluding hydrogens is 408 g/mol. The van der Waals surface area contributed by atoms with Gasteiger partial charge >= 0.3 is 17.9 Å². The zero-order valence-electron chi connectivity index (χ0n) is 17.7. The van der Waals surface area contributed by atoms with Crippen LogP contribution in [-0.2, 0) is 28.6 Å². The minimum atomic E-state index is -1.13. The molecule has 0 aromatic heterocycles. The topological polar surface area (TPSA) is 137 Å². The molecule has 168 valence electrons. The Balaban J connectivity index is 2.09. The highest BCUT2D eigenvalue weighted by Crippen LogP contribution is 2.29. The molecular formula is C21H26N2O8. The lowest BCUT2D eigenvalue weighted by Crippen LogP contribution is -2.56. The zero-order valence-corrected chi connectivity index (χ0v) is 17.7. The molecule has 31 heavy (non-hydrogen) atoms. The van der Waals surface area contributed by atoms with E-state index in [0.29, 0.717) is 12.8 Å². The summed E-state index contributed by atoms with van der Waals surface area (Å²) in [5.74, 6) is -3.11. The van der Waals surface area contributed by atoms with Crippen molar-refractivity contribution >= 4 is 35.4 Å². The summed E-state index contributed by atoms with van der Waals surface area (Å²) in [6.07, 6.45) is 3.36. The standard InChI is InChI=1S/C21H26N2O8/c1-13(24)23-21(7-5-4-6-8-21)20(28)31-12-17(25)22-16-10-14(18(26)29-2)9-15(11-16)19(27)30-3/h9-11H,4-8,12H2,1-3H3,(H,22,25)(H,23,24). The van der Waals surface area contributed by atoms with Crippen molar-refractivity contribution in [3.8, 4) is 0 Å². The van der Waals surface area contributed by atoms with Crippen LogP contribution in [0.3, 0.4) is 0 Å². The van der Waals surface area contributed by atoms with Crippen molar-refractivity contribution in [3.63, 3.8) is 0 Å². The first-order chi connectivity index (χ1) is 14.7. The van der Waals surface area contributed by atoms with Crippen LogP contribution in [0.4, 0.5) is 5.69 Å². The third-order valence-electron chi connectivity index (χ3n) is 4.91. The van der Waals surface area contributed by atoms with Gasteiger partial charge in [0.15, 0.2) is 6.61 Å². The predicted molar refractivity (Wildman–Crippen MR) is 108 cm³/mol. The number of ether oxygens (including phenoxy) is 3. The molecule has 0 spiro atoms. The van der Waals surface area contributed by atoms with Gasteiger partial charge in [0.05, 0.1) is 25.3 Å². The number of carbonyl (C=O) groups is 5. The van der Waals surface area contributed by atoms with E-state index in [2.05, 4.69) is 20.1 Å². The van der Waals surface area contributed by atoms with Gasteiger partial charge in [-0.15, -0.1) is 0 Å². The van der Waals surface area contributed by atoms with Gasteiger partial charge in [-0.2, -0.15) is 0 Å². The number of methoxy groups -OCH3 is 2. The monoisotopic (exact) mass is 434 g/mol. The number of anilines is 1. The number of amides is 2. The van der Waals surface area contributed by atoms with Gasteiger partial charge in [0.1, 0.15) is 5.54 Å². The molecule has 1 aromatic rings. The van der Waals surface area contributed by atoms with Crippen molar-refractivity contribution in [1.82, 2.24) is 5.32 Å². The van der Waals surface area contributed by atoms with Crippen LogP contribution in [-0.4, -0.2) is 56.1 Å². The molecule has 0 aliphatic heterocycles. The molecule has 0 bridgehead atoms. The largest absolute Gasteiger partial charge is 0.465 e. The number of benzene rings is 1. The highest BCUT2D eigenvalue weighted by atomic mass is 16.5. The molecule has 0 heterocycles. The fourth-order valence-electron chi connectivity index (χ4n) is 3.51. The lowest BCUT2D eigenvalue weighted by molar-refractivity contribution is -0.157. The van der Waals surface area contributed by atoms with Crippen molar-refractivity contribution in [3.05, 3.63) is 29.3 Å². The maximum Gasteiger partial charge on any atom is 0.337 e. The quantitative estimate of drug-likeness (QED) is 0.487. The Morgan fingerprint density at radius 1 is 0.903 bits per heavy atom. The number of esters is 3. The molecule has 1 aliphatic carbocycles. The number of carbonyl (C=O) groups excluding carboxylic acids is 5. The van der Waals surface area contributed by atoms with Crippen molar-refractivity contribution in [1.29, 1.82) is 0 Å². The number of nitrogens with one attached hydrogen (secondary N) is 2. The number of rotatable bonds is 7. The van der Waals surface area contributed by atoms with Gasteiger partial charge in [0, 0.05) is 12.6 Å². The van der Waals surface area contributed by atoms with Gasteiger partial charge in [-0.05, 0) is 31.0 Å². The van der Waals surface area contributed by atoms with Crippen LogP contribution in [0.1, 0.15) is 59.7 Å². The Bertz CT molecular complexity index is 840. The Labute approximate surface area is 179 Å². The van der Waals surface area contributed by atoms with Crippen LogP contribution >= 0.6 is 0 Å². The van der Waals surface area contributed by atoms with Crippen molar-refractivity contribution in [2.24, 2.45) is 0 Å². The molecule has 10 heteroatoms. The van der Waals surface area contributed by atoms with Gasteiger partial charge in [-0.25, -0.2) is 14.4 Å². The Hall–Kier alpha value is -3.43. The second-order valence-electron chi connectivity index (χ2n) is 7.23. The maximum absolute atomic E-state index is 12.6. The maximum atomic E-state index is 12.6. The lowest BCUT2D eigenvalue weighted by atomic mass is 9.81. The first-order valence-electron chi connectivity index (χ1n) is 9.78. The second-order valence-corrected chi connectivity index (χ2v) is 7.23. The van der Waals surface area contributed by atoms with Gasteiger partial charge in [0.2, 0.25) is 5.91 Å². The molecule has 1 aromatic carbocycles. The molecule has 0 atom stereocenters. The van der Waals surface area contributed by atoms with Gasteiger partial charge in [0.25, 0.3) is 5.91 Å². The smallest absolute Gasteiger partial charge is 0.337 e.